The summed E-state index contributed by atoms with van der Waals surface area (Å²) in [5.74, 6) is 0.667. The van der Waals surface area contributed by atoms with Gasteiger partial charge in [-0.05, 0) is 36.3 Å². The Bertz CT molecular complexity index is 306. The minimum absolute atomic E-state index is 0.235. The number of rotatable bonds is 1. The Morgan fingerprint density at radius 1 is 1.36 bits per heavy atom. The van der Waals surface area contributed by atoms with Crippen molar-refractivity contribution in [3.63, 3.8) is 0 Å². The zero-order valence-corrected chi connectivity index (χ0v) is 9.43. The first kappa shape index (κ1) is 10.0. The van der Waals surface area contributed by atoms with Gasteiger partial charge in [-0.1, -0.05) is 37.6 Å². The maximum absolute atomic E-state index is 6.52. The lowest BCUT2D eigenvalue weighted by molar-refractivity contribution is 0.454. The maximum Gasteiger partial charge on any atom is 0.0615 e. The summed E-state index contributed by atoms with van der Waals surface area (Å²) < 4.78 is 0. The third-order valence-corrected chi connectivity index (χ3v) is 3.90. The molecule has 1 aromatic carbocycles. The number of hydrogen-bond donors (Lipinski definition) is 0. The Labute approximate surface area is 91.3 Å². The van der Waals surface area contributed by atoms with Crippen LogP contribution in [-0.4, -0.2) is 0 Å². The van der Waals surface area contributed by atoms with Crippen LogP contribution < -0.4 is 0 Å². The molecule has 0 heterocycles. The van der Waals surface area contributed by atoms with E-state index in [1.807, 2.05) is 0 Å². The van der Waals surface area contributed by atoms with E-state index in [1.54, 1.807) is 0 Å². The molecule has 0 amide bonds. The molecule has 2 unspecified atom stereocenters. The Balaban J connectivity index is 2.34. The van der Waals surface area contributed by atoms with Gasteiger partial charge >= 0.3 is 0 Å². The van der Waals surface area contributed by atoms with Crippen molar-refractivity contribution in [2.45, 2.75) is 38.0 Å². The zero-order valence-electron chi connectivity index (χ0n) is 8.67. The van der Waals surface area contributed by atoms with E-state index in [0.717, 1.165) is 0 Å². The normalized spacial score (nSPS) is 26.7. The summed E-state index contributed by atoms with van der Waals surface area (Å²) in [4.78, 5) is 0. The highest BCUT2D eigenvalue weighted by molar-refractivity contribution is 6.21. The first-order valence-corrected chi connectivity index (χ1v) is 5.98. The van der Waals surface area contributed by atoms with Crippen LogP contribution in [0, 0.1) is 5.92 Å². The molecule has 0 radical (unpaired) electrons. The van der Waals surface area contributed by atoms with Crippen molar-refractivity contribution >= 4 is 11.6 Å². The summed E-state index contributed by atoms with van der Waals surface area (Å²) in [7, 11) is 0. The van der Waals surface area contributed by atoms with Gasteiger partial charge in [-0.2, -0.15) is 0 Å². The first-order chi connectivity index (χ1) is 6.83. The predicted molar refractivity (Wildman–Crippen MR) is 61.8 cm³/mol. The van der Waals surface area contributed by atoms with E-state index in [4.69, 9.17) is 11.6 Å². The fourth-order valence-corrected chi connectivity index (χ4v) is 2.91. The smallest absolute Gasteiger partial charge is 0.0615 e. The van der Waals surface area contributed by atoms with Crippen LogP contribution in [0.1, 0.15) is 42.7 Å². The highest BCUT2D eigenvalue weighted by Crippen LogP contribution is 2.39. The Kier molecular flexibility index (Phi) is 3.12. The summed E-state index contributed by atoms with van der Waals surface area (Å²) in [6, 6.07) is 8.64. The Hall–Kier alpha value is -0.490. The molecule has 0 fully saturated rings. The van der Waals surface area contributed by atoms with E-state index >= 15 is 0 Å². The minimum Gasteiger partial charge on any atom is -0.118 e. The van der Waals surface area contributed by atoms with Gasteiger partial charge in [-0.25, -0.2) is 0 Å². The zero-order chi connectivity index (χ0) is 9.97. The van der Waals surface area contributed by atoms with Crippen LogP contribution in [0.4, 0.5) is 0 Å². The standard InChI is InChI=1S/C13H17Cl/c1-2-10-7-5-8-11-6-3-4-9-12(11)13(10)14/h3-4,6,9-10,13H,2,5,7-8H2,1H3. The van der Waals surface area contributed by atoms with E-state index < -0.39 is 0 Å². The molecule has 0 spiro atoms. The molecule has 0 saturated carbocycles. The molecule has 0 saturated heterocycles. The second-order valence-electron chi connectivity index (χ2n) is 4.16. The van der Waals surface area contributed by atoms with E-state index in [-0.39, 0.29) is 5.38 Å². The third-order valence-electron chi connectivity index (χ3n) is 3.31. The molecule has 0 nitrogen and oxygen atoms in total. The molecule has 0 aliphatic heterocycles. The number of aryl methyl sites for hydroxylation is 1. The van der Waals surface area contributed by atoms with Crippen LogP contribution in [0.3, 0.4) is 0 Å². The lowest BCUT2D eigenvalue weighted by Crippen LogP contribution is -2.05. The summed E-state index contributed by atoms with van der Waals surface area (Å²) >= 11 is 6.52. The summed E-state index contributed by atoms with van der Waals surface area (Å²) in [5.41, 5.74) is 2.84. The second kappa shape index (κ2) is 4.35. The van der Waals surface area contributed by atoms with Crippen LogP contribution in [0.5, 0.6) is 0 Å². The number of halogens is 1. The van der Waals surface area contributed by atoms with Crippen molar-refractivity contribution in [1.29, 1.82) is 0 Å². The second-order valence-corrected chi connectivity index (χ2v) is 4.63. The van der Waals surface area contributed by atoms with Gasteiger partial charge in [0.25, 0.3) is 0 Å². The van der Waals surface area contributed by atoms with Gasteiger partial charge in [-0.3, -0.25) is 0 Å². The molecule has 2 rings (SSSR count). The molecule has 76 valence electrons. The quantitative estimate of drug-likeness (QED) is 0.476. The average Bonchev–Trinajstić information content (AvgIpc) is 2.39. The molecule has 0 N–H and O–H groups in total. The molecule has 14 heavy (non-hydrogen) atoms. The first-order valence-electron chi connectivity index (χ1n) is 5.54. The molecular formula is C13H17Cl. The van der Waals surface area contributed by atoms with Gasteiger partial charge in [0.15, 0.2) is 0 Å². The number of alkyl halides is 1. The van der Waals surface area contributed by atoms with Gasteiger partial charge in [-0.15, -0.1) is 11.6 Å². The van der Waals surface area contributed by atoms with Gasteiger partial charge in [0.1, 0.15) is 0 Å². The fourth-order valence-electron chi connectivity index (χ4n) is 2.40. The SMILES string of the molecule is CCC1CCCc2ccccc2C1Cl. The summed E-state index contributed by atoms with van der Waals surface area (Å²) in [6.07, 6.45) is 4.97. The van der Waals surface area contributed by atoms with Crippen LogP contribution in [0.2, 0.25) is 0 Å². The molecule has 0 bridgehead atoms. The van der Waals surface area contributed by atoms with Crippen LogP contribution in [-0.2, 0) is 6.42 Å². The van der Waals surface area contributed by atoms with Crippen LogP contribution >= 0.6 is 11.6 Å². The highest BCUT2D eigenvalue weighted by Gasteiger charge is 2.24. The minimum atomic E-state index is 0.235. The fraction of sp³-hybridized carbons (Fsp3) is 0.538. The van der Waals surface area contributed by atoms with Crippen molar-refractivity contribution in [3.8, 4) is 0 Å². The number of fused-ring (bicyclic) bond motifs is 1. The highest BCUT2D eigenvalue weighted by atomic mass is 35.5. The van der Waals surface area contributed by atoms with E-state index in [0.29, 0.717) is 5.92 Å². The van der Waals surface area contributed by atoms with Crippen molar-refractivity contribution < 1.29 is 0 Å². The monoisotopic (exact) mass is 208 g/mol. The van der Waals surface area contributed by atoms with Gasteiger partial charge in [0.2, 0.25) is 0 Å². The summed E-state index contributed by atoms with van der Waals surface area (Å²) in [5, 5.41) is 0.235. The van der Waals surface area contributed by atoms with Crippen molar-refractivity contribution in [2.24, 2.45) is 5.92 Å². The molecule has 1 heteroatoms. The number of benzene rings is 1. The molecule has 2 atom stereocenters. The Morgan fingerprint density at radius 2 is 2.14 bits per heavy atom. The predicted octanol–water partition coefficient (Wildman–Crippen LogP) is 4.33. The lowest BCUT2D eigenvalue weighted by atomic mass is 9.94. The maximum atomic E-state index is 6.52. The third kappa shape index (κ3) is 1.81. The van der Waals surface area contributed by atoms with Crippen molar-refractivity contribution in [2.75, 3.05) is 0 Å². The van der Waals surface area contributed by atoms with E-state index in [1.165, 1.54) is 36.8 Å². The molecule has 1 aliphatic carbocycles. The van der Waals surface area contributed by atoms with Gasteiger partial charge in [0, 0.05) is 0 Å². The largest absolute Gasteiger partial charge is 0.118 e. The average molecular weight is 209 g/mol. The van der Waals surface area contributed by atoms with Crippen molar-refractivity contribution in [1.82, 2.24) is 0 Å². The topological polar surface area (TPSA) is 0 Å². The number of hydrogen-bond acceptors (Lipinski definition) is 0. The van der Waals surface area contributed by atoms with Gasteiger partial charge in [0.05, 0.1) is 5.38 Å². The van der Waals surface area contributed by atoms with Gasteiger partial charge < -0.3 is 0 Å². The lowest BCUT2D eigenvalue weighted by Gasteiger charge is -2.19. The van der Waals surface area contributed by atoms with Crippen LogP contribution in [0.25, 0.3) is 0 Å². The Morgan fingerprint density at radius 3 is 2.93 bits per heavy atom. The molecule has 1 aromatic rings. The van der Waals surface area contributed by atoms with E-state index in [9.17, 15) is 0 Å². The van der Waals surface area contributed by atoms with E-state index in [2.05, 4.69) is 31.2 Å². The molecular weight excluding hydrogens is 192 g/mol. The molecule has 1 aliphatic rings. The van der Waals surface area contributed by atoms with Crippen molar-refractivity contribution in [3.05, 3.63) is 35.4 Å². The summed E-state index contributed by atoms with van der Waals surface area (Å²) in [6.45, 7) is 2.24. The molecule has 0 aromatic heterocycles. The van der Waals surface area contributed by atoms with Crippen LogP contribution in [0.15, 0.2) is 24.3 Å².